The summed E-state index contributed by atoms with van der Waals surface area (Å²) < 4.78 is 4.91. The second-order valence-electron chi connectivity index (χ2n) is 5.47. The van der Waals surface area contributed by atoms with Crippen molar-refractivity contribution in [3.05, 3.63) is 0 Å². The lowest BCUT2D eigenvalue weighted by atomic mass is 10.0. The van der Waals surface area contributed by atoms with E-state index >= 15 is 0 Å². The molecule has 2 aliphatic rings. The molecule has 1 atom stereocenters. The van der Waals surface area contributed by atoms with E-state index < -0.39 is 0 Å². The number of methoxy groups -OCH3 is 1. The summed E-state index contributed by atoms with van der Waals surface area (Å²) in [5.74, 6) is -0.0455. The number of carbonyl (C=O) groups is 1. The number of ether oxygens (including phenoxy) is 1. The van der Waals surface area contributed by atoms with Crippen molar-refractivity contribution in [1.29, 1.82) is 0 Å². The van der Waals surface area contributed by atoms with E-state index in [1.165, 1.54) is 52.4 Å². The fraction of sp³-hybridized carbons (Fsp3) is 0.929. The molecule has 1 unspecified atom stereocenters. The summed E-state index contributed by atoms with van der Waals surface area (Å²) in [5, 5.41) is 0. The average Bonchev–Trinajstić information content (AvgIpc) is 2.92. The van der Waals surface area contributed by atoms with Crippen molar-refractivity contribution in [3.8, 4) is 0 Å². The quantitative estimate of drug-likeness (QED) is 0.696. The number of carbonyl (C=O) groups excluding carboxylic acids is 1. The zero-order valence-corrected chi connectivity index (χ0v) is 11.6. The number of hydrogen-bond donors (Lipinski definition) is 0. The van der Waals surface area contributed by atoms with Crippen LogP contribution in [0.1, 0.15) is 38.5 Å². The first kappa shape index (κ1) is 13.8. The van der Waals surface area contributed by atoms with Gasteiger partial charge in [0.25, 0.3) is 0 Å². The van der Waals surface area contributed by atoms with Gasteiger partial charge in [0.15, 0.2) is 0 Å². The van der Waals surface area contributed by atoms with Crippen molar-refractivity contribution in [1.82, 2.24) is 9.80 Å². The molecule has 2 aliphatic heterocycles. The summed E-state index contributed by atoms with van der Waals surface area (Å²) in [6.07, 6.45) is 7.23. The van der Waals surface area contributed by atoms with E-state index in [4.69, 9.17) is 4.74 Å². The molecule has 2 saturated heterocycles. The third kappa shape index (κ3) is 3.69. The van der Waals surface area contributed by atoms with Crippen LogP contribution < -0.4 is 0 Å². The molecule has 0 aromatic heterocycles. The highest BCUT2D eigenvalue weighted by atomic mass is 16.5. The smallest absolute Gasteiger partial charge is 0.323 e. The molecule has 2 rings (SSSR count). The Hall–Kier alpha value is -0.610. The Morgan fingerprint density at radius 1 is 1.11 bits per heavy atom. The van der Waals surface area contributed by atoms with Crippen LogP contribution in [0, 0.1) is 0 Å². The van der Waals surface area contributed by atoms with Gasteiger partial charge in [-0.05, 0) is 58.3 Å². The van der Waals surface area contributed by atoms with E-state index in [0.29, 0.717) is 0 Å². The van der Waals surface area contributed by atoms with Gasteiger partial charge in [-0.15, -0.1) is 0 Å². The summed E-state index contributed by atoms with van der Waals surface area (Å²) in [5.41, 5.74) is 0. The second kappa shape index (κ2) is 7.10. The molecular formula is C14H26N2O2. The van der Waals surface area contributed by atoms with Crippen LogP contribution in [0.15, 0.2) is 0 Å². The molecule has 2 heterocycles. The zero-order valence-electron chi connectivity index (χ0n) is 11.6. The van der Waals surface area contributed by atoms with Gasteiger partial charge in [-0.3, -0.25) is 9.69 Å². The van der Waals surface area contributed by atoms with Gasteiger partial charge in [0, 0.05) is 6.54 Å². The molecule has 0 aliphatic carbocycles. The first-order valence-electron chi connectivity index (χ1n) is 7.35. The molecule has 0 N–H and O–H groups in total. The lowest BCUT2D eigenvalue weighted by molar-refractivity contribution is -0.148. The van der Waals surface area contributed by atoms with Crippen LogP contribution in [-0.4, -0.2) is 61.6 Å². The van der Waals surface area contributed by atoms with Crippen LogP contribution in [0.5, 0.6) is 0 Å². The lowest BCUT2D eigenvalue weighted by Crippen LogP contribution is -2.46. The number of piperidine rings is 1. The molecule has 4 heteroatoms. The number of esters is 1. The predicted molar refractivity (Wildman–Crippen MR) is 71.5 cm³/mol. The van der Waals surface area contributed by atoms with E-state index in [-0.39, 0.29) is 12.0 Å². The molecule has 0 spiro atoms. The summed E-state index contributed by atoms with van der Waals surface area (Å²) in [4.78, 5) is 16.6. The second-order valence-corrected chi connectivity index (χ2v) is 5.47. The van der Waals surface area contributed by atoms with E-state index in [1.807, 2.05) is 0 Å². The Morgan fingerprint density at radius 3 is 2.56 bits per heavy atom. The molecule has 104 valence electrons. The van der Waals surface area contributed by atoms with Crippen molar-refractivity contribution in [2.75, 3.05) is 39.8 Å². The van der Waals surface area contributed by atoms with Gasteiger partial charge in [0.2, 0.25) is 0 Å². The lowest BCUT2D eigenvalue weighted by Gasteiger charge is -2.34. The fourth-order valence-electron chi connectivity index (χ4n) is 3.17. The predicted octanol–water partition coefficient (Wildman–Crippen LogP) is 1.50. The highest BCUT2D eigenvalue weighted by Gasteiger charge is 2.28. The summed E-state index contributed by atoms with van der Waals surface area (Å²) in [7, 11) is 1.50. The Kier molecular flexibility index (Phi) is 5.45. The van der Waals surface area contributed by atoms with Gasteiger partial charge in [-0.25, -0.2) is 0 Å². The monoisotopic (exact) mass is 254 g/mol. The summed E-state index contributed by atoms with van der Waals surface area (Å²) >= 11 is 0. The standard InChI is InChI=1S/C14H26N2O2/c1-18-14(17)13-7-2-3-11-16(13)12-6-10-15-8-4-5-9-15/h13H,2-12H2,1H3. The Balaban J connectivity index is 1.72. The highest BCUT2D eigenvalue weighted by Crippen LogP contribution is 2.18. The SMILES string of the molecule is COC(=O)C1CCCCN1CCCN1CCCC1. The van der Waals surface area contributed by atoms with Crippen molar-refractivity contribution in [2.24, 2.45) is 0 Å². The number of nitrogens with zero attached hydrogens (tertiary/aromatic N) is 2. The molecule has 4 nitrogen and oxygen atoms in total. The summed E-state index contributed by atoms with van der Waals surface area (Å²) in [6, 6.07) is 0.0160. The van der Waals surface area contributed by atoms with Gasteiger partial charge in [-0.2, -0.15) is 0 Å². The van der Waals surface area contributed by atoms with Crippen molar-refractivity contribution in [3.63, 3.8) is 0 Å². The molecular weight excluding hydrogens is 228 g/mol. The van der Waals surface area contributed by atoms with Gasteiger partial charge in [-0.1, -0.05) is 6.42 Å². The zero-order chi connectivity index (χ0) is 12.8. The molecule has 2 fully saturated rings. The van der Waals surface area contributed by atoms with Crippen LogP contribution in [0.2, 0.25) is 0 Å². The van der Waals surface area contributed by atoms with E-state index in [9.17, 15) is 4.79 Å². The molecule has 0 aromatic rings. The number of likely N-dealkylation sites (tertiary alicyclic amines) is 2. The molecule has 0 bridgehead atoms. The highest BCUT2D eigenvalue weighted by molar-refractivity contribution is 5.75. The first-order valence-corrected chi connectivity index (χ1v) is 7.35. The topological polar surface area (TPSA) is 32.8 Å². The van der Waals surface area contributed by atoms with Gasteiger partial charge in [0.05, 0.1) is 7.11 Å². The van der Waals surface area contributed by atoms with Crippen molar-refractivity contribution >= 4 is 5.97 Å². The van der Waals surface area contributed by atoms with E-state index in [1.54, 1.807) is 0 Å². The minimum atomic E-state index is -0.0455. The molecule has 0 radical (unpaired) electrons. The van der Waals surface area contributed by atoms with Gasteiger partial charge < -0.3 is 9.64 Å². The van der Waals surface area contributed by atoms with Crippen LogP contribution in [0.3, 0.4) is 0 Å². The van der Waals surface area contributed by atoms with Crippen LogP contribution in [0.25, 0.3) is 0 Å². The van der Waals surface area contributed by atoms with Crippen molar-refractivity contribution in [2.45, 2.75) is 44.6 Å². The largest absolute Gasteiger partial charge is 0.468 e. The maximum atomic E-state index is 11.7. The normalized spacial score (nSPS) is 26.4. The van der Waals surface area contributed by atoms with Crippen LogP contribution in [-0.2, 0) is 9.53 Å². The van der Waals surface area contributed by atoms with Gasteiger partial charge >= 0.3 is 5.97 Å². The minimum Gasteiger partial charge on any atom is -0.468 e. The Morgan fingerprint density at radius 2 is 1.83 bits per heavy atom. The maximum Gasteiger partial charge on any atom is 0.323 e. The third-order valence-corrected chi connectivity index (χ3v) is 4.21. The summed E-state index contributed by atoms with van der Waals surface area (Å²) in [6.45, 7) is 5.81. The maximum absolute atomic E-state index is 11.7. The van der Waals surface area contributed by atoms with Crippen LogP contribution in [0.4, 0.5) is 0 Å². The molecule has 0 saturated carbocycles. The molecule has 0 aromatic carbocycles. The first-order chi connectivity index (χ1) is 8.81. The van der Waals surface area contributed by atoms with Gasteiger partial charge in [0.1, 0.15) is 6.04 Å². The van der Waals surface area contributed by atoms with E-state index in [2.05, 4.69) is 9.80 Å². The minimum absolute atomic E-state index is 0.0160. The molecule has 18 heavy (non-hydrogen) atoms. The van der Waals surface area contributed by atoms with Crippen LogP contribution >= 0.6 is 0 Å². The fourth-order valence-corrected chi connectivity index (χ4v) is 3.17. The third-order valence-electron chi connectivity index (χ3n) is 4.21. The van der Waals surface area contributed by atoms with Crippen molar-refractivity contribution < 1.29 is 9.53 Å². The Labute approximate surface area is 110 Å². The number of rotatable bonds is 5. The number of hydrogen-bond acceptors (Lipinski definition) is 4. The Bertz CT molecular complexity index is 265. The average molecular weight is 254 g/mol. The molecule has 0 amide bonds. The van der Waals surface area contributed by atoms with E-state index in [0.717, 1.165) is 25.9 Å².